The molecule has 150 valence electrons. The number of rotatable bonds is 9. The number of ether oxygens (including phenoxy) is 2. The van der Waals surface area contributed by atoms with E-state index < -0.39 is 11.8 Å². The largest absolute Gasteiger partial charge is 0.494 e. The molecule has 0 aliphatic rings. The van der Waals surface area contributed by atoms with E-state index in [1.54, 1.807) is 24.3 Å². The van der Waals surface area contributed by atoms with Crippen LogP contribution in [0.1, 0.15) is 20.7 Å². The minimum atomic E-state index is -0.624. The van der Waals surface area contributed by atoms with Crippen LogP contribution in [0.3, 0.4) is 0 Å². The molecule has 0 heterocycles. The molecular weight excluding hydrogens is 364 g/mol. The topological polar surface area (TPSA) is 181 Å². The molecule has 2 rings (SSSR count). The van der Waals surface area contributed by atoms with E-state index in [1.165, 1.54) is 14.2 Å². The second-order valence-corrected chi connectivity index (χ2v) is 5.80. The Morgan fingerprint density at radius 2 is 1.14 bits per heavy atom. The molecule has 0 saturated heterocycles. The van der Waals surface area contributed by atoms with Crippen molar-refractivity contribution < 1.29 is 19.1 Å². The second-order valence-electron chi connectivity index (χ2n) is 5.80. The van der Waals surface area contributed by atoms with Gasteiger partial charge < -0.3 is 43.0 Å². The number of benzene rings is 2. The number of nitrogens with two attached hydrogens (primary N) is 4. The van der Waals surface area contributed by atoms with E-state index in [0.717, 1.165) is 0 Å². The van der Waals surface area contributed by atoms with Crippen LogP contribution >= 0.6 is 0 Å². The quantitative estimate of drug-likeness (QED) is 0.266. The van der Waals surface area contributed by atoms with Gasteiger partial charge in [0, 0.05) is 13.1 Å². The molecule has 10 N–H and O–H groups in total. The van der Waals surface area contributed by atoms with Crippen molar-refractivity contribution in [3.8, 4) is 11.5 Å². The molecule has 0 bridgehead atoms. The normalized spacial score (nSPS) is 10.2. The molecule has 2 aromatic rings. The Hall–Kier alpha value is -3.82. The lowest BCUT2D eigenvalue weighted by molar-refractivity contribution is 0.0989. The molecule has 0 unspecified atom stereocenters. The molecule has 0 fully saturated rings. The molecule has 2 aromatic carbocycles. The van der Waals surface area contributed by atoms with Gasteiger partial charge in [-0.1, -0.05) is 0 Å². The number of hydrogen-bond donors (Lipinski definition) is 6. The summed E-state index contributed by atoms with van der Waals surface area (Å²) in [4.78, 5) is 22.8. The van der Waals surface area contributed by atoms with Gasteiger partial charge in [-0.15, -0.1) is 0 Å². The Morgan fingerprint density at radius 3 is 1.43 bits per heavy atom. The Labute approximate surface area is 162 Å². The summed E-state index contributed by atoms with van der Waals surface area (Å²) in [5.74, 6) is -0.802. The van der Waals surface area contributed by atoms with Crippen LogP contribution in [0.4, 0.5) is 22.7 Å². The summed E-state index contributed by atoms with van der Waals surface area (Å²) in [6.45, 7) is 0.950. The second kappa shape index (κ2) is 8.71. The highest BCUT2D eigenvalue weighted by molar-refractivity contribution is 6.00. The van der Waals surface area contributed by atoms with Crippen molar-refractivity contribution >= 4 is 34.6 Å². The number of nitrogen functional groups attached to an aromatic ring is 2. The summed E-state index contributed by atoms with van der Waals surface area (Å²) in [7, 11) is 2.82. The third-order valence-corrected chi connectivity index (χ3v) is 4.09. The molecule has 0 saturated carbocycles. The van der Waals surface area contributed by atoms with Gasteiger partial charge in [-0.3, -0.25) is 9.59 Å². The van der Waals surface area contributed by atoms with E-state index in [-0.39, 0.29) is 34.0 Å². The Balaban J connectivity index is 2.06. The Bertz CT molecular complexity index is 827. The van der Waals surface area contributed by atoms with Crippen molar-refractivity contribution in [3.63, 3.8) is 0 Å². The van der Waals surface area contributed by atoms with Gasteiger partial charge in [-0.05, 0) is 24.3 Å². The first-order valence-corrected chi connectivity index (χ1v) is 8.32. The van der Waals surface area contributed by atoms with Crippen molar-refractivity contribution in [2.45, 2.75) is 0 Å². The number of methoxy groups -OCH3 is 2. The molecule has 0 radical (unpaired) electrons. The average molecular weight is 388 g/mol. The maximum absolute atomic E-state index is 11.4. The highest BCUT2D eigenvalue weighted by Gasteiger charge is 2.16. The zero-order valence-corrected chi connectivity index (χ0v) is 15.7. The number of anilines is 4. The fourth-order valence-electron chi connectivity index (χ4n) is 2.73. The van der Waals surface area contributed by atoms with Crippen molar-refractivity contribution in [3.05, 3.63) is 35.4 Å². The van der Waals surface area contributed by atoms with Gasteiger partial charge in [0.05, 0.1) is 48.1 Å². The van der Waals surface area contributed by atoms with Crippen LogP contribution in [0.15, 0.2) is 24.3 Å². The van der Waals surface area contributed by atoms with Crippen molar-refractivity contribution in [1.82, 2.24) is 0 Å². The summed E-state index contributed by atoms with van der Waals surface area (Å²) in [5.41, 5.74) is 24.9. The van der Waals surface area contributed by atoms with E-state index >= 15 is 0 Å². The van der Waals surface area contributed by atoms with E-state index in [4.69, 9.17) is 32.4 Å². The molecule has 10 heteroatoms. The fourth-order valence-corrected chi connectivity index (χ4v) is 2.73. The van der Waals surface area contributed by atoms with Gasteiger partial charge in [-0.25, -0.2) is 0 Å². The van der Waals surface area contributed by atoms with E-state index in [1.807, 2.05) is 0 Å². The monoisotopic (exact) mass is 388 g/mol. The van der Waals surface area contributed by atoms with Crippen LogP contribution in [0.5, 0.6) is 11.5 Å². The first-order valence-electron chi connectivity index (χ1n) is 8.32. The molecule has 0 aliphatic carbocycles. The summed E-state index contributed by atoms with van der Waals surface area (Å²) >= 11 is 0. The minimum absolute atomic E-state index is 0.207. The highest BCUT2D eigenvalue weighted by atomic mass is 16.5. The smallest absolute Gasteiger partial charge is 0.252 e. The van der Waals surface area contributed by atoms with Gasteiger partial charge in [0.15, 0.2) is 11.5 Å². The third-order valence-electron chi connectivity index (χ3n) is 4.09. The highest BCUT2D eigenvalue weighted by Crippen LogP contribution is 2.34. The number of amides is 2. The van der Waals surface area contributed by atoms with E-state index in [2.05, 4.69) is 10.6 Å². The molecule has 2 amide bonds. The van der Waals surface area contributed by atoms with Crippen LogP contribution in [0, 0.1) is 0 Å². The van der Waals surface area contributed by atoms with Gasteiger partial charge >= 0.3 is 0 Å². The maximum atomic E-state index is 11.4. The van der Waals surface area contributed by atoms with Crippen LogP contribution in [0.2, 0.25) is 0 Å². The van der Waals surface area contributed by atoms with Crippen LogP contribution in [0.25, 0.3) is 0 Å². The number of primary amides is 2. The zero-order valence-electron chi connectivity index (χ0n) is 15.7. The van der Waals surface area contributed by atoms with Gasteiger partial charge in [0.2, 0.25) is 0 Å². The maximum Gasteiger partial charge on any atom is 0.252 e. The standard InChI is InChI=1S/C18H24N6O4/c1-27-15-9(17(21)25)3-5-11(13(15)19)23-7-8-24-12-6-4-10(18(22)26)16(28-2)14(12)20/h3-6,23-24H,7-8,19-20H2,1-2H3,(H2,21,25)(H2,22,26). The molecular formula is C18H24N6O4. The molecule has 0 atom stereocenters. The van der Waals surface area contributed by atoms with Gasteiger partial charge in [0.25, 0.3) is 11.8 Å². The summed E-state index contributed by atoms with van der Waals surface area (Å²) in [6, 6.07) is 6.38. The van der Waals surface area contributed by atoms with Gasteiger partial charge in [-0.2, -0.15) is 0 Å². The lowest BCUT2D eigenvalue weighted by Crippen LogP contribution is -2.18. The Morgan fingerprint density at radius 1 is 0.786 bits per heavy atom. The van der Waals surface area contributed by atoms with Crippen molar-refractivity contribution in [2.24, 2.45) is 11.5 Å². The minimum Gasteiger partial charge on any atom is -0.494 e. The average Bonchev–Trinajstić information content (AvgIpc) is 2.66. The molecule has 0 aromatic heterocycles. The van der Waals surface area contributed by atoms with Gasteiger partial charge in [0.1, 0.15) is 0 Å². The fraction of sp³-hybridized carbons (Fsp3) is 0.222. The van der Waals surface area contributed by atoms with Crippen LogP contribution in [-0.2, 0) is 0 Å². The van der Waals surface area contributed by atoms with Crippen molar-refractivity contribution in [2.75, 3.05) is 49.4 Å². The van der Waals surface area contributed by atoms with Crippen LogP contribution in [-0.4, -0.2) is 39.1 Å². The molecule has 10 nitrogen and oxygen atoms in total. The number of hydrogen-bond acceptors (Lipinski definition) is 8. The van der Waals surface area contributed by atoms with E-state index in [9.17, 15) is 9.59 Å². The first-order chi connectivity index (χ1) is 13.3. The zero-order chi connectivity index (χ0) is 20.8. The Kier molecular flexibility index (Phi) is 6.38. The first kappa shape index (κ1) is 20.5. The third kappa shape index (κ3) is 4.11. The SMILES string of the molecule is COc1c(C(N)=O)ccc(NCCNc2ccc(C(N)=O)c(OC)c2N)c1N. The number of carbonyl (C=O) groups excluding carboxylic acids is 2. The van der Waals surface area contributed by atoms with Crippen LogP contribution < -0.4 is 43.0 Å². The van der Waals surface area contributed by atoms with E-state index in [0.29, 0.717) is 24.5 Å². The number of nitrogens with one attached hydrogen (secondary N) is 2. The molecule has 0 spiro atoms. The predicted molar refractivity (Wildman–Crippen MR) is 109 cm³/mol. The summed E-state index contributed by atoms with van der Waals surface area (Å²) in [6.07, 6.45) is 0. The molecule has 28 heavy (non-hydrogen) atoms. The predicted octanol–water partition coefficient (Wildman–Crippen LogP) is 0.590. The number of carbonyl (C=O) groups is 2. The van der Waals surface area contributed by atoms with Crippen molar-refractivity contribution in [1.29, 1.82) is 0 Å². The summed E-state index contributed by atoms with van der Waals surface area (Å²) < 4.78 is 10.4. The molecule has 0 aliphatic heterocycles. The lowest BCUT2D eigenvalue weighted by Gasteiger charge is -2.16. The summed E-state index contributed by atoms with van der Waals surface area (Å²) in [5, 5.41) is 6.27. The lowest BCUT2D eigenvalue weighted by atomic mass is 10.1.